The molecule has 0 aromatic carbocycles. The Morgan fingerprint density at radius 2 is 2.06 bits per heavy atom. The standard InChI is InChI=1S/C11H17NO3S/c1-3-5-10(16(13,14)15)11(4-2)6-8-12-9-7-11/h4,6-10,12H,2-3,5H2,1H3,(H,13,14,15). The lowest BCUT2D eigenvalue weighted by Gasteiger charge is -2.32. The monoisotopic (exact) mass is 243 g/mol. The van der Waals surface area contributed by atoms with Crippen LogP contribution in [0.25, 0.3) is 0 Å². The smallest absolute Gasteiger partial charge is 0.269 e. The number of hydrogen-bond donors (Lipinski definition) is 2. The Labute approximate surface area is 96.5 Å². The molecule has 1 aliphatic heterocycles. The molecule has 2 N–H and O–H groups in total. The van der Waals surface area contributed by atoms with Gasteiger partial charge < -0.3 is 5.32 Å². The van der Waals surface area contributed by atoms with E-state index in [1.807, 2.05) is 6.92 Å². The molecule has 1 aliphatic rings. The van der Waals surface area contributed by atoms with Crippen molar-refractivity contribution in [2.24, 2.45) is 5.41 Å². The van der Waals surface area contributed by atoms with Crippen LogP contribution >= 0.6 is 0 Å². The van der Waals surface area contributed by atoms with Crippen LogP contribution < -0.4 is 5.32 Å². The van der Waals surface area contributed by atoms with Crippen LogP contribution in [0.4, 0.5) is 0 Å². The predicted molar refractivity (Wildman–Crippen MR) is 64.3 cm³/mol. The summed E-state index contributed by atoms with van der Waals surface area (Å²) in [5.74, 6) is 0. The van der Waals surface area contributed by atoms with Crippen molar-refractivity contribution >= 4 is 10.1 Å². The number of hydrogen-bond acceptors (Lipinski definition) is 3. The van der Waals surface area contributed by atoms with Gasteiger partial charge in [0.05, 0.1) is 0 Å². The summed E-state index contributed by atoms with van der Waals surface area (Å²) in [4.78, 5) is 0. The first-order chi connectivity index (χ1) is 7.46. The third-order valence-electron chi connectivity index (χ3n) is 2.76. The summed E-state index contributed by atoms with van der Waals surface area (Å²) < 4.78 is 32.1. The highest BCUT2D eigenvalue weighted by Gasteiger charge is 2.40. The normalized spacial score (nSPS) is 20.1. The van der Waals surface area contributed by atoms with Gasteiger partial charge in [0.1, 0.15) is 5.25 Å². The Morgan fingerprint density at radius 3 is 2.44 bits per heavy atom. The van der Waals surface area contributed by atoms with E-state index in [-0.39, 0.29) is 0 Å². The molecule has 0 amide bonds. The Hall–Kier alpha value is -1.07. The Morgan fingerprint density at radius 1 is 1.50 bits per heavy atom. The maximum absolute atomic E-state index is 11.4. The van der Waals surface area contributed by atoms with Gasteiger partial charge in [-0.25, -0.2) is 0 Å². The molecule has 0 bridgehead atoms. The molecule has 5 heteroatoms. The minimum absolute atomic E-state index is 0.388. The predicted octanol–water partition coefficient (Wildman–Crippen LogP) is 1.85. The molecule has 0 aromatic heterocycles. The lowest BCUT2D eigenvalue weighted by atomic mass is 9.81. The summed E-state index contributed by atoms with van der Waals surface area (Å²) in [7, 11) is -4.10. The summed E-state index contributed by atoms with van der Waals surface area (Å²) in [5.41, 5.74) is -0.825. The van der Waals surface area contributed by atoms with Crippen LogP contribution in [-0.2, 0) is 10.1 Å². The van der Waals surface area contributed by atoms with Crippen LogP contribution in [0.15, 0.2) is 37.2 Å². The van der Waals surface area contributed by atoms with Gasteiger partial charge in [0.2, 0.25) is 0 Å². The summed E-state index contributed by atoms with van der Waals surface area (Å²) in [5, 5.41) is 1.96. The van der Waals surface area contributed by atoms with E-state index in [4.69, 9.17) is 0 Å². The maximum Gasteiger partial charge on any atom is 0.269 e. The zero-order valence-electron chi connectivity index (χ0n) is 9.26. The summed E-state index contributed by atoms with van der Waals surface area (Å²) in [6, 6.07) is 0. The molecule has 1 heterocycles. The van der Waals surface area contributed by atoms with Crippen LogP contribution in [0.1, 0.15) is 19.8 Å². The molecule has 1 atom stereocenters. The van der Waals surface area contributed by atoms with Crippen LogP contribution in [0.2, 0.25) is 0 Å². The molecular formula is C11H17NO3S. The Bertz CT molecular complexity index is 397. The lowest BCUT2D eigenvalue weighted by Crippen LogP contribution is -2.38. The van der Waals surface area contributed by atoms with Gasteiger partial charge in [-0.05, 0) is 18.8 Å². The first kappa shape index (κ1) is 13.0. The zero-order valence-corrected chi connectivity index (χ0v) is 10.1. The molecule has 0 saturated heterocycles. The average Bonchev–Trinajstić information content (AvgIpc) is 2.25. The third-order valence-corrected chi connectivity index (χ3v) is 4.12. The topological polar surface area (TPSA) is 66.4 Å². The van der Waals surface area contributed by atoms with Gasteiger partial charge in [-0.3, -0.25) is 4.55 Å². The van der Waals surface area contributed by atoms with Crippen molar-refractivity contribution in [1.82, 2.24) is 5.32 Å². The number of rotatable bonds is 5. The molecule has 1 rings (SSSR count). The Balaban J connectivity index is 3.18. The van der Waals surface area contributed by atoms with Gasteiger partial charge in [-0.1, -0.05) is 31.6 Å². The number of nitrogens with one attached hydrogen (secondary N) is 1. The van der Waals surface area contributed by atoms with Gasteiger partial charge in [-0.2, -0.15) is 8.42 Å². The largest absolute Gasteiger partial charge is 0.368 e. The van der Waals surface area contributed by atoms with Crippen LogP contribution in [-0.4, -0.2) is 18.2 Å². The number of allylic oxidation sites excluding steroid dienone is 3. The Kier molecular flexibility index (Phi) is 3.93. The second-order valence-electron chi connectivity index (χ2n) is 3.83. The SMILES string of the molecule is C=CC1(C(CCC)S(=O)(=O)O)C=CNC=C1. The summed E-state index contributed by atoms with van der Waals surface area (Å²) in [6.45, 7) is 5.55. The van der Waals surface area contributed by atoms with Gasteiger partial charge in [0.15, 0.2) is 0 Å². The van der Waals surface area contributed by atoms with E-state index in [0.29, 0.717) is 12.8 Å². The van der Waals surface area contributed by atoms with E-state index in [1.54, 1.807) is 30.6 Å². The van der Waals surface area contributed by atoms with Crippen LogP contribution in [0, 0.1) is 5.41 Å². The van der Waals surface area contributed by atoms with Crippen molar-refractivity contribution in [2.45, 2.75) is 25.0 Å². The van der Waals surface area contributed by atoms with Gasteiger partial charge >= 0.3 is 0 Å². The van der Waals surface area contributed by atoms with Gasteiger partial charge in [0.25, 0.3) is 10.1 Å². The minimum atomic E-state index is -4.10. The van der Waals surface area contributed by atoms with Crippen molar-refractivity contribution < 1.29 is 13.0 Å². The van der Waals surface area contributed by atoms with Crippen molar-refractivity contribution in [3.05, 3.63) is 37.2 Å². The fraction of sp³-hybridized carbons (Fsp3) is 0.455. The van der Waals surface area contributed by atoms with E-state index < -0.39 is 20.8 Å². The van der Waals surface area contributed by atoms with E-state index >= 15 is 0 Å². The highest BCUT2D eigenvalue weighted by molar-refractivity contribution is 7.86. The fourth-order valence-electron chi connectivity index (χ4n) is 1.90. The van der Waals surface area contributed by atoms with E-state index in [0.717, 1.165) is 0 Å². The second kappa shape index (κ2) is 4.84. The van der Waals surface area contributed by atoms with Crippen molar-refractivity contribution in [3.8, 4) is 0 Å². The van der Waals surface area contributed by atoms with Gasteiger partial charge in [0, 0.05) is 5.41 Å². The molecule has 0 spiro atoms. The quantitative estimate of drug-likeness (QED) is 0.571. The molecule has 0 fully saturated rings. The highest BCUT2D eigenvalue weighted by Crippen LogP contribution is 2.35. The second-order valence-corrected chi connectivity index (χ2v) is 5.43. The molecule has 4 nitrogen and oxygen atoms in total. The maximum atomic E-state index is 11.4. The number of dihydropyridines is 1. The first-order valence-corrected chi connectivity index (χ1v) is 6.68. The fourth-order valence-corrected chi connectivity index (χ4v) is 3.20. The zero-order chi connectivity index (χ0) is 12.2. The van der Waals surface area contributed by atoms with Crippen molar-refractivity contribution in [3.63, 3.8) is 0 Å². The molecule has 90 valence electrons. The van der Waals surface area contributed by atoms with Crippen molar-refractivity contribution in [2.75, 3.05) is 0 Å². The molecular weight excluding hydrogens is 226 g/mol. The van der Waals surface area contributed by atoms with Crippen molar-refractivity contribution in [1.29, 1.82) is 0 Å². The van der Waals surface area contributed by atoms with Crippen LogP contribution in [0.5, 0.6) is 0 Å². The summed E-state index contributed by atoms with van der Waals surface area (Å²) >= 11 is 0. The molecule has 16 heavy (non-hydrogen) atoms. The molecule has 0 aliphatic carbocycles. The average molecular weight is 243 g/mol. The lowest BCUT2D eigenvalue weighted by molar-refractivity contribution is 0.421. The highest BCUT2D eigenvalue weighted by atomic mass is 32.2. The molecule has 0 radical (unpaired) electrons. The van der Waals surface area contributed by atoms with Gasteiger partial charge in [-0.15, -0.1) is 6.58 Å². The first-order valence-electron chi connectivity index (χ1n) is 5.17. The molecule has 0 aromatic rings. The molecule has 0 saturated carbocycles. The van der Waals surface area contributed by atoms with E-state index in [9.17, 15) is 13.0 Å². The van der Waals surface area contributed by atoms with E-state index in [2.05, 4.69) is 11.9 Å². The molecule has 1 unspecified atom stereocenters. The van der Waals surface area contributed by atoms with E-state index in [1.165, 1.54) is 0 Å². The van der Waals surface area contributed by atoms with Crippen LogP contribution in [0.3, 0.4) is 0 Å². The summed E-state index contributed by atoms with van der Waals surface area (Å²) in [6.07, 6.45) is 9.32. The minimum Gasteiger partial charge on any atom is -0.368 e. The third kappa shape index (κ3) is 2.54.